The highest BCUT2D eigenvalue weighted by atomic mass is 16.5. The van der Waals surface area contributed by atoms with Crippen molar-refractivity contribution >= 4 is 16.9 Å². The summed E-state index contributed by atoms with van der Waals surface area (Å²) in [4.78, 5) is 23.5. The molecule has 2 aliphatic rings. The fourth-order valence-electron chi connectivity index (χ4n) is 4.36. The third kappa shape index (κ3) is 2.95. The number of carbonyl (C=O) groups excluding carboxylic acids is 1. The Morgan fingerprint density at radius 3 is 3.00 bits per heavy atom. The minimum atomic E-state index is -0.00720. The van der Waals surface area contributed by atoms with Gasteiger partial charge in [0.05, 0.1) is 29.1 Å². The van der Waals surface area contributed by atoms with Crippen molar-refractivity contribution < 1.29 is 9.53 Å². The Morgan fingerprint density at radius 1 is 1.36 bits per heavy atom. The van der Waals surface area contributed by atoms with Crippen molar-refractivity contribution in [1.29, 1.82) is 0 Å². The van der Waals surface area contributed by atoms with E-state index in [2.05, 4.69) is 37.9 Å². The monoisotopic (exact) mass is 341 g/mol. The number of imidazole rings is 1. The predicted molar refractivity (Wildman–Crippen MR) is 97.2 cm³/mol. The van der Waals surface area contributed by atoms with E-state index in [4.69, 9.17) is 9.72 Å². The Labute approximate surface area is 148 Å². The van der Waals surface area contributed by atoms with Gasteiger partial charge in [-0.3, -0.25) is 4.79 Å². The lowest BCUT2D eigenvalue weighted by molar-refractivity contribution is -0.139. The average Bonchev–Trinajstić information content (AvgIpc) is 3.31. The summed E-state index contributed by atoms with van der Waals surface area (Å²) in [7, 11) is 0. The maximum Gasteiger partial charge on any atom is 0.229 e. The summed E-state index contributed by atoms with van der Waals surface area (Å²) in [5, 5.41) is 0. The Hall–Kier alpha value is -1.88. The van der Waals surface area contributed by atoms with Crippen molar-refractivity contribution in [2.45, 2.75) is 52.2 Å². The van der Waals surface area contributed by atoms with E-state index < -0.39 is 0 Å². The number of aryl methyl sites for hydroxylation is 1. The topological polar surface area (TPSA) is 58.2 Å². The quantitative estimate of drug-likeness (QED) is 0.928. The van der Waals surface area contributed by atoms with Crippen molar-refractivity contribution in [1.82, 2.24) is 14.9 Å². The van der Waals surface area contributed by atoms with E-state index >= 15 is 0 Å². The molecular formula is C20H27N3O2. The highest BCUT2D eigenvalue weighted by Crippen LogP contribution is 2.36. The molecule has 0 spiro atoms. The second kappa shape index (κ2) is 6.45. The van der Waals surface area contributed by atoms with Gasteiger partial charge in [0.1, 0.15) is 5.82 Å². The number of fused-ring (bicyclic) bond motifs is 1. The number of H-pyrrole nitrogens is 1. The lowest BCUT2D eigenvalue weighted by Gasteiger charge is -2.29. The molecule has 5 nitrogen and oxygen atoms in total. The van der Waals surface area contributed by atoms with Crippen molar-refractivity contribution in [3.8, 4) is 0 Å². The van der Waals surface area contributed by atoms with Gasteiger partial charge in [-0.25, -0.2) is 4.98 Å². The molecule has 3 heterocycles. The highest BCUT2D eigenvalue weighted by Gasteiger charge is 2.42. The summed E-state index contributed by atoms with van der Waals surface area (Å²) in [6.07, 6.45) is 2.90. The third-order valence-electron chi connectivity index (χ3n) is 5.62. The van der Waals surface area contributed by atoms with E-state index in [9.17, 15) is 4.79 Å². The number of aromatic amines is 1. The molecule has 1 amide bonds. The van der Waals surface area contributed by atoms with Crippen LogP contribution in [-0.2, 0) is 9.53 Å². The van der Waals surface area contributed by atoms with Crippen LogP contribution in [0.1, 0.15) is 50.5 Å². The van der Waals surface area contributed by atoms with Gasteiger partial charge in [0.2, 0.25) is 5.91 Å². The number of likely N-dealkylation sites (tertiary alicyclic amines) is 1. The second-order valence-electron chi connectivity index (χ2n) is 7.81. The predicted octanol–water partition coefficient (Wildman–Crippen LogP) is 3.60. The van der Waals surface area contributed by atoms with Crippen LogP contribution in [0.3, 0.4) is 0 Å². The SMILES string of the molecule is Cc1ccc2nc(C3CCCN3C(=O)C3CCOC3C(C)C)[nH]c2c1. The van der Waals surface area contributed by atoms with Crippen LogP contribution in [0.4, 0.5) is 0 Å². The van der Waals surface area contributed by atoms with Crippen molar-refractivity contribution in [2.75, 3.05) is 13.2 Å². The molecule has 2 fully saturated rings. The Balaban J connectivity index is 1.60. The first-order valence-corrected chi connectivity index (χ1v) is 9.43. The van der Waals surface area contributed by atoms with Gasteiger partial charge in [0.15, 0.2) is 0 Å². The zero-order chi connectivity index (χ0) is 17.6. The smallest absolute Gasteiger partial charge is 0.229 e. The first kappa shape index (κ1) is 16.6. The van der Waals surface area contributed by atoms with E-state index in [0.29, 0.717) is 12.5 Å². The van der Waals surface area contributed by atoms with Gasteiger partial charge in [-0.1, -0.05) is 19.9 Å². The normalized spacial score (nSPS) is 26.9. The molecule has 3 unspecified atom stereocenters. The molecule has 1 aromatic carbocycles. The van der Waals surface area contributed by atoms with Gasteiger partial charge in [-0.05, 0) is 49.8 Å². The van der Waals surface area contributed by atoms with E-state index in [1.165, 1.54) is 5.56 Å². The molecule has 1 N–H and O–H groups in total. The largest absolute Gasteiger partial charge is 0.377 e. The summed E-state index contributed by atoms with van der Waals surface area (Å²) in [6.45, 7) is 7.87. The summed E-state index contributed by atoms with van der Waals surface area (Å²) in [5.74, 6) is 1.53. The lowest BCUT2D eigenvalue weighted by Crippen LogP contribution is -2.40. The molecule has 1 aromatic heterocycles. The number of carbonyl (C=O) groups is 1. The van der Waals surface area contributed by atoms with Crippen LogP contribution in [0, 0.1) is 18.8 Å². The average molecular weight is 341 g/mol. The summed E-state index contributed by atoms with van der Waals surface area (Å²) in [6, 6.07) is 6.31. The van der Waals surface area contributed by atoms with Crippen molar-refractivity contribution in [3.05, 3.63) is 29.6 Å². The lowest BCUT2D eigenvalue weighted by atomic mass is 9.91. The fourth-order valence-corrected chi connectivity index (χ4v) is 4.36. The number of ether oxygens (including phenoxy) is 1. The number of hydrogen-bond donors (Lipinski definition) is 1. The molecule has 5 heteroatoms. The van der Waals surface area contributed by atoms with Crippen LogP contribution in [-0.4, -0.2) is 40.0 Å². The molecule has 2 aliphatic heterocycles. The first-order chi connectivity index (χ1) is 12.0. The van der Waals surface area contributed by atoms with Crippen molar-refractivity contribution in [3.63, 3.8) is 0 Å². The van der Waals surface area contributed by atoms with Gasteiger partial charge < -0.3 is 14.6 Å². The van der Waals surface area contributed by atoms with Gasteiger partial charge in [-0.15, -0.1) is 0 Å². The number of aromatic nitrogens is 2. The zero-order valence-electron chi connectivity index (χ0n) is 15.3. The minimum absolute atomic E-state index is 0.00720. The van der Waals surface area contributed by atoms with E-state index in [1.54, 1.807) is 0 Å². The molecule has 3 atom stereocenters. The molecule has 134 valence electrons. The number of rotatable bonds is 3. The maximum atomic E-state index is 13.2. The number of nitrogens with zero attached hydrogens (tertiary/aromatic N) is 2. The zero-order valence-corrected chi connectivity index (χ0v) is 15.3. The molecule has 2 aromatic rings. The minimum Gasteiger partial charge on any atom is -0.377 e. The molecule has 25 heavy (non-hydrogen) atoms. The van der Waals surface area contributed by atoms with Crippen LogP contribution >= 0.6 is 0 Å². The van der Waals surface area contributed by atoms with E-state index in [1.807, 2.05) is 11.0 Å². The van der Waals surface area contributed by atoms with Crippen LogP contribution in [0.25, 0.3) is 11.0 Å². The summed E-state index contributed by atoms with van der Waals surface area (Å²) in [5.41, 5.74) is 3.24. The Bertz CT molecular complexity index is 782. The molecular weight excluding hydrogens is 314 g/mol. The van der Waals surface area contributed by atoms with E-state index in [-0.39, 0.29) is 24.0 Å². The molecule has 0 aliphatic carbocycles. The molecule has 0 bridgehead atoms. The van der Waals surface area contributed by atoms with Crippen LogP contribution in [0.2, 0.25) is 0 Å². The first-order valence-electron chi connectivity index (χ1n) is 9.43. The number of nitrogens with one attached hydrogen (secondary N) is 1. The highest BCUT2D eigenvalue weighted by molar-refractivity contribution is 5.81. The Morgan fingerprint density at radius 2 is 2.20 bits per heavy atom. The summed E-state index contributed by atoms with van der Waals surface area (Å²) < 4.78 is 5.84. The Kier molecular flexibility index (Phi) is 4.28. The maximum absolute atomic E-state index is 13.2. The van der Waals surface area contributed by atoms with Crippen molar-refractivity contribution in [2.24, 2.45) is 11.8 Å². The van der Waals surface area contributed by atoms with E-state index in [0.717, 1.165) is 42.7 Å². The molecule has 2 saturated heterocycles. The molecule has 4 rings (SSSR count). The number of amides is 1. The van der Waals surface area contributed by atoms with Gasteiger partial charge in [0, 0.05) is 13.2 Å². The third-order valence-corrected chi connectivity index (χ3v) is 5.62. The van der Waals surface area contributed by atoms with Crippen LogP contribution < -0.4 is 0 Å². The van der Waals surface area contributed by atoms with Crippen LogP contribution in [0.5, 0.6) is 0 Å². The molecule has 0 radical (unpaired) electrons. The summed E-state index contributed by atoms with van der Waals surface area (Å²) >= 11 is 0. The van der Waals surface area contributed by atoms with Gasteiger partial charge in [0.25, 0.3) is 0 Å². The second-order valence-corrected chi connectivity index (χ2v) is 7.81. The molecule has 0 saturated carbocycles. The fraction of sp³-hybridized carbons (Fsp3) is 0.600. The number of hydrogen-bond acceptors (Lipinski definition) is 3. The van der Waals surface area contributed by atoms with Gasteiger partial charge in [-0.2, -0.15) is 0 Å². The number of benzene rings is 1. The van der Waals surface area contributed by atoms with Gasteiger partial charge >= 0.3 is 0 Å². The van der Waals surface area contributed by atoms with Crippen LogP contribution in [0.15, 0.2) is 18.2 Å². The standard InChI is InChI=1S/C20H27N3O2/c1-12(2)18-14(8-10-25-18)20(24)23-9-4-5-17(23)19-21-15-7-6-13(3)11-16(15)22-19/h6-7,11-12,14,17-18H,4-5,8-10H2,1-3H3,(H,21,22).